The van der Waals surface area contributed by atoms with Crippen LogP contribution in [0.2, 0.25) is 0 Å². The molecule has 0 fully saturated rings. The van der Waals surface area contributed by atoms with Gasteiger partial charge in [0, 0.05) is 0 Å². The van der Waals surface area contributed by atoms with E-state index in [1.807, 2.05) is 0 Å². The summed E-state index contributed by atoms with van der Waals surface area (Å²) in [4.78, 5) is 14.3. The van der Waals surface area contributed by atoms with Crippen molar-refractivity contribution in [2.75, 3.05) is 0 Å². The third kappa shape index (κ3) is 44.4. The molecule has 0 aliphatic rings. The predicted octanol–water partition coefficient (Wildman–Crippen LogP) is -3.76. The van der Waals surface area contributed by atoms with Crippen molar-refractivity contribution in [1.82, 2.24) is 0 Å². The fourth-order valence-corrected chi connectivity index (χ4v) is 0.447. The average Bonchev–Trinajstić information content (AvgIpc) is 1.58. The van der Waals surface area contributed by atoms with Crippen LogP contribution in [-0.4, -0.2) is 85.0 Å². The fraction of sp³-hybridized carbons (Fsp3) is 0. The molecule has 0 heterocycles. The third-order valence-electron chi connectivity index (χ3n) is 0.161. The normalized spacial score (nSPS) is 7.75. The zero-order valence-corrected chi connectivity index (χ0v) is 7.84. The van der Waals surface area contributed by atoms with Crippen molar-refractivity contribution in [3.8, 4) is 0 Å². The van der Waals surface area contributed by atoms with Gasteiger partial charge in [-0.05, 0) is 0 Å². The van der Waals surface area contributed by atoms with E-state index in [-0.39, 0.29) is 37.7 Å². The second-order valence-electron chi connectivity index (χ2n) is 0.903. The molecule has 0 aromatic rings. The first-order chi connectivity index (χ1) is 4.79. The molecule has 0 aliphatic carbocycles. The van der Waals surface area contributed by atoms with E-state index in [2.05, 4.69) is 3.23 Å². The molecule has 12 heavy (non-hydrogen) atoms. The predicted molar refractivity (Wildman–Crippen MR) is 38.5 cm³/mol. The molecule has 0 unspecified atom stereocenters. The zero-order chi connectivity index (χ0) is 9.49. The van der Waals surface area contributed by atoms with E-state index in [0.717, 1.165) is 0 Å². The summed E-state index contributed by atoms with van der Waals surface area (Å²) in [5, 5.41) is 0. The summed E-state index contributed by atoms with van der Waals surface area (Å²) in [5.74, 6) is 0. The van der Waals surface area contributed by atoms with Gasteiger partial charge < -0.3 is 9.59 Å². The molecule has 0 bridgehead atoms. The molecule has 8 nitrogen and oxygen atoms in total. The van der Waals surface area contributed by atoms with E-state index in [1.54, 1.807) is 0 Å². The molecule has 0 aromatic heterocycles. The molecule has 0 spiro atoms. The summed E-state index contributed by atoms with van der Waals surface area (Å²) in [6.07, 6.45) is 0. The van der Waals surface area contributed by atoms with Gasteiger partial charge in [-0.1, -0.05) is 0 Å². The Morgan fingerprint density at radius 1 is 1.33 bits per heavy atom. The summed E-state index contributed by atoms with van der Waals surface area (Å²) >= 11 is -1.88. The monoisotopic (exact) mass is 260 g/mol. The minimum atomic E-state index is -4.45. The molecular formula is H5AlCaO8SSi. The van der Waals surface area contributed by atoms with Crippen LogP contribution in [0.5, 0.6) is 0 Å². The first-order valence-electron chi connectivity index (χ1n) is 1.81. The van der Waals surface area contributed by atoms with Gasteiger partial charge in [-0.25, -0.2) is 0 Å². The van der Waals surface area contributed by atoms with Gasteiger partial charge in [0.1, 0.15) is 0 Å². The molecule has 0 aromatic carbocycles. The van der Waals surface area contributed by atoms with Crippen molar-refractivity contribution < 1.29 is 34.1 Å². The molecule has 0 amide bonds. The summed E-state index contributed by atoms with van der Waals surface area (Å²) in [7, 11) is -7.58. The van der Waals surface area contributed by atoms with E-state index in [4.69, 9.17) is 18.6 Å². The third-order valence-corrected chi connectivity index (χ3v) is 1.45. The molecular weight excluding hydrogens is 255 g/mol. The Hall–Kier alpha value is 0.919. The number of hydrogen-bond donors (Lipinski definition) is 3. The molecule has 0 atom stereocenters. The van der Waals surface area contributed by atoms with Crippen LogP contribution >= 0.6 is 0 Å². The second-order valence-corrected chi connectivity index (χ2v) is 3.29. The number of hydrogen-bond acceptors (Lipinski definition) is 5. The van der Waals surface area contributed by atoms with Crippen molar-refractivity contribution in [2.45, 2.75) is 0 Å². The Kier molecular flexibility index (Phi) is 15.5. The molecule has 0 aliphatic heterocycles. The maximum absolute atomic E-state index is 9.39. The Morgan fingerprint density at radius 3 is 1.58 bits per heavy atom. The van der Waals surface area contributed by atoms with Crippen molar-refractivity contribution in [2.24, 2.45) is 0 Å². The van der Waals surface area contributed by atoms with Crippen LogP contribution in [0.1, 0.15) is 0 Å². The SMILES string of the molecule is O=[Si](O)O.[CaH2].[O]=[Al][O]S(=O)(=O)O. The Labute approximate surface area is 106 Å². The van der Waals surface area contributed by atoms with Crippen LogP contribution in [0, 0.1) is 0 Å². The van der Waals surface area contributed by atoms with E-state index in [9.17, 15) is 12.2 Å². The van der Waals surface area contributed by atoms with E-state index < -0.39 is 35.1 Å². The van der Waals surface area contributed by atoms with Crippen LogP contribution < -0.4 is 0 Å². The van der Waals surface area contributed by atoms with Gasteiger partial charge in [0.2, 0.25) is 0 Å². The van der Waals surface area contributed by atoms with Gasteiger partial charge in [-0.15, -0.1) is 0 Å². The molecule has 0 rings (SSSR count). The van der Waals surface area contributed by atoms with Gasteiger partial charge in [-0.3, -0.25) is 4.46 Å². The molecule has 0 saturated carbocycles. The van der Waals surface area contributed by atoms with Crippen molar-refractivity contribution in [3.05, 3.63) is 0 Å². The van der Waals surface area contributed by atoms with Crippen LogP contribution in [0.4, 0.5) is 0 Å². The maximum atomic E-state index is 9.39. The fourth-order valence-electron chi connectivity index (χ4n) is 0.0496. The Morgan fingerprint density at radius 2 is 1.58 bits per heavy atom. The summed E-state index contributed by atoms with van der Waals surface area (Å²) in [6, 6.07) is 0. The van der Waals surface area contributed by atoms with Crippen LogP contribution in [0.3, 0.4) is 0 Å². The Balaban J connectivity index is -0.000000142. The van der Waals surface area contributed by atoms with E-state index in [1.165, 1.54) is 0 Å². The first kappa shape index (κ1) is 18.7. The minimum absolute atomic E-state index is 0. The van der Waals surface area contributed by atoms with Gasteiger partial charge in [0.05, 0.1) is 0 Å². The first-order valence-corrected chi connectivity index (χ1v) is 5.42. The van der Waals surface area contributed by atoms with Crippen LogP contribution in [0.25, 0.3) is 0 Å². The van der Waals surface area contributed by atoms with Crippen molar-refractivity contribution in [1.29, 1.82) is 0 Å². The van der Waals surface area contributed by atoms with Gasteiger partial charge in [0.15, 0.2) is 0 Å². The number of rotatable bonds is 2. The molecule has 0 saturated heterocycles. The van der Waals surface area contributed by atoms with Crippen molar-refractivity contribution in [3.63, 3.8) is 0 Å². The second kappa shape index (κ2) is 10.0. The molecule has 12 heteroatoms. The van der Waals surface area contributed by atoms with Gasteiger partial charge >= 0.3 is 92.8 Å². The molecule has 3 N–H and O–H groups in total. The molecule has 68 valence electrons. The van der Waals surface area contributed by atoms with Crippen LogP contribution in [-0.2, 0) is 21.9 Å². The van der Waals surface area contributed by atoms with Crippen molar-refractivity contribution >= 4 is 72.8 Å². The van der Waals surface area contributed by atoms with E-state index >= 15 is 0 Å². The summed E-state index contributed by atoms with van der Waals surface area (Å²) < 4.78 is 47.7. The quantitative estimate of drug-likeness (QED) is 0.340. The standard InChI is InChI=1S/Al.Ca.H2O4S.H2O3Si.O.2H/c;;1-5(2,3)4;1-4(2)3;;;/h;;(H2,1,2,3,4);1-2H;;;/q+1;;;;;;/p-1. The van der Waals surface area contributed by atoms with E-state index in [0.29, 0.717) is 0 Å². The van der Waals surface area contributed by atoms with Gasteiger partial charge in [0.25, 0.3) is 0 Å². The average molecular weight is 260 g/mol. The summed E-state index contributed by atoms with van der Waals surface area (Å²) in [5.41, 5.74) is 0. The summed E-state index contributed by atoms with van der Waals surface area (Å²) in [6.45, 7) is 0. The molecule has 0 radical (unpaired) electrons. The zero-order valence-electron chi connectivity index (χ0n) is 4.87. The van der Waals surface area contributed by atoms with Gasteiger partial charge in [-0.2, -0.15) is 0 Å². The van der Waals surface area contributed by atoms with Crippen LogP contribution in [0.15, 0.2) is 0 Å². The topological polar surface area (TPSA) is 138 Å². The Bertz CT molecular complexity index is 215.